The van der Waals surface area contributed by atoms with Gasteiger partial charge in [-0.25, -0.2) is 0 Å². The number of carbonyl (C=O) groups is 2. The van der Waals surface area contributed by atoms with Gasteiger partial charge in [-0.2, -0.15) is 0 Å². The van der Waals surface area contributed by atoms with Crippen molar-refractivity contribution in [3.8, 4) is 0 Å². The highest BCUT2D eigenvalue weighted by molar-refractivity contribution is 5.99. The van der Waals surface area contributed by atoms with E-state index in [-0.39, 0.29) is 17.8 Å². The summed E-state index contributed by atoms with van der Waals surface area (Å²) in [6.07, 6.45) is 6.50. The van der Waals surface area contributed by atoms with Crippen LogP contribution in [-0.2, 0) is 17.6 Å². The molecule has 0 spiro atoms. The predicted molar refractivity (Wildman–Crippen MR) is 78.2 cm³/mol. The monoisotopic (exact) mass is 290 g/mol. The lowest BCUT2D eigenvalue weighted by Gasteiger charge is -2.29. The number of aromatic nitrogens is 1. The molecule has 1 amide bonds. The van der Waals surface area contributed by atoms with E-state index in [1.807, 2.05) is 11.1 Å². The van der Waals surface area contributed by atoms with E-state index in [0.29, 0.717) is 45.2 Å². The lowest BCUT2D eigenvalue weighted by molar-refractivity contribution is -0.133. The van der Waals surface area contributed by atoms with E-state index >= 15 is 0 Å². The fraction of sp³-hybridized carbons (Fsp3) is 0.625. The lowest BCUT2D eigenvalue weighted by atomic mass is 9.92. The first kappa shape index (κ1) is 14.3. The third-order valence-electron chi connectivity index (χ3n) is 4.58. The van der Waals surface area contributed by atoms with Gasteiger partial charge in [-0.15, -0.1) is 0 Å². The number of aliphatic hydroxyl groups excluding tert-OH is 1. The smallest absolute Gasteiger partial charge is 0.222 e. The number of rotatable bonds is 3. The minimum atomic E-state index is -0.261. The molecule has 0 aromatic carbocycles. The Balaban J connectivity index is 1.59. The molecular weight excluding hydrogens is 268 g/mol. The molecule has 0 bridgehead atoms. The van der Waals surface area contributed by atoms with Crippen LogP contribution in [0, 0.1) is 0 Å². The van der Waals surface area contributed by atoms with Gasteiger partial charge in [0.05, 0.1) is 6.10 Å². The summed E-state index contributed by atoms with van der Waals surface area (Å²) in [5, 5.41) is 9.47. The number of hydrogen-bond acceptors (Lipinski definition) is 3. The number of carbonyl (C=O) groups excluding carboxylic acids is 2. The summed E-state index contributed by atoms with van der Waals surface area (Å²) >= 11 is 0. The van der Waals surface area contributed by atoms with Crippen LogP contribution in [0.15, 0.2) is 6.20 Å². The molecular formula is C16H22N2O3. The van der Waals surface area contributed by atoms with Crippen molar-refractivity contribution in [2.24, 2.45) is 0 Å². The summed E-state index contributed by atoms with van der Waals surface area (Å²) in [6.45, 7) is 1.29. The highest BCUT2D eigenvalue weighted by atomic mass is 16.3. The predicted octanol–water partition coefficient (Wildman–Crippen LogP) is 1.45. The van der Waals surface area contributed by atoms with Crippen molar-refractivity contribution in [3.63, 3.8) is 0 Å². The molecule has 1 saturated heterocycles. The largest absolute Gasteiger partial charge is 0.393 e. The van der Waals surface area contributed by atoms with Crippen molar-refractivity contribution < 1.29 is 14.7 Å². The van der Waals surface area contributed by atoms with Gasteiger partial charge in [-0.05, 0) is 37.7 Å². The van der Waals surface area contributed by atoms with Gasteiger partial charge in [-0.1, -0.05) is 0 Å². The molecule has 1 fully saturated rings. The molecule has 1 aromatic rings. The first-order valence-electron chi connectivity index (χ1n) is 7.83. The van der Waals surface area contributed by atoms with E-state index < -0.39 is 0 Å². The van der Waals surface area contributed by atoms with E-state index in [1.54, 1.807) is 0 Å². The Labute approximate surface area is 124 Å². The number of aryl methyl sites for hydroxylation is 2. The molecule has 21 heavy (non-hydrogen) atoms. The number of likely N-dealkylation sites (tertiary alicyclic amines) is 1. The molecule has 2 heterocycles. The standard InChI is InChI=1S/C16H22N2O3/c19-12-6-8-18(9-7-12)15(21)5-4-11-10-17-13-2-1-3-14(20)16(11)13/h10,12,17,19H,1-9H2. The number of nitrogens with zero attached hydrogens (tertiary/aromatic N) is 1. The molecule has 0 saturated carbocycles. The van der Waals surface area contributed by atoms with Crippen LogP contribution in [0.3, 0.4) is 0 Å². The van der Waals surface area contributed by atoms with E-state index in [9.17, 15) is 14.7 Å². The molecule has 3 rings (SSSR count). The highest BCUT2D eigenvalue weighted by Crippen LogP contribution is 2.25. The second-order valence-electron chi connectivity index (χ2n) is 6.06. The van der Waals surface area contributed by atoms with Crippen LogP contribution in [0.25, 0.3) is 0 Å². The van der Waals surface area contributed by atoms with Crippen LogP contribution in [-0.4, -0.2) is 45.9 Å². The van der Waals surface area contributed by atoms with Gasteiger partial charge in [0.25, 0.3) is 0 Å². The Morgan fingerprint density at radius 2 is 2.10 bits per heavy atom. The molecule has 1 aliphatic heterocycles. The maximum atomic E-state index is 12.2. The molecule has 2 N–H and O–H groups in total. The number of amides is 1. The number of nitrogens with one attached hydrogen (secondary N) is 1. The van der Waals surface area contributed by atoms with Crippen molar-refractivity contribution >= 4 is 11.7 Å². The number of hydrogen-bond donors (Lipinski definition) is 2. The fourth-order valence-corrected chi connectivity index (χ4v) is 3.32. The topological polar surface area (TPSA) is 73.4 Å². The van der Waals surface area contributed by atoms with E-state index in [0.717, 1.165) is 29.7 Å². The van der Waals surface area contributed by atoms with Crippen molar-refractivity contribution in [2.45, 2.75) is 51.0 Å². The average molecular weight is 290 g/mol. The van der Waals surface area contributed by atoms with Crippen LogP contribution < -0.4 is 0 Å². The summed E-state index contributed by atoms with van der Waals surface area (Å²) < 4.78 is 0. The van der Waals surface area contributed by atoms with Gasteiger partial charge < -0.3 is 15.0 Å². The summed E-state index contributed by atoms with van der Waals surface area (Å²) in [7, 11) is 0. The van der Waals surface area contributed by atoms with Gasteiger partial charge in [0.2, 0.25) is 5.91 Å². The van der Waals surface area contributed by atoms with Crippen molar-refractivity contribution in [1.29, 1.82) is 0 Å². The zero-order valence-electron chi connectivity index (χ0n) is 12.2. The number of H-pyrrole nitrogens is 1. The van der Waals surface area contributed by atoms with Crippen LogP contribution in [0.2, 0.25) is 0 Å². The fourth-order valence-electron chi connectivity index (χ4n) is 3.32. The molecule has 5 nitrogen and oxygen atoms in total. The van der Waals surface area contributed by atoms with Gasteiger partial charge >= 0.3 is 0 Å². The average Bonchev–Trinajstić information content (AvgIpc) is 2.90. The van der Waals surface area contributed by atoms with Crippen LogP contribution in [0.4, 0.5) is 0 Å². The van der Waals surface area contributed by atoms with Crippen molar-refractivity contribution in [2.75, 3.05) is 13.1 Å². The minimum absolute atomic E-state index is 0.125. The molecule has 0 unspecified atom stereocenters. The normalized spacial score (nSPS) is 19.7. The van der Waals surface area contributed by atoms with Crippen molar-refractivity contribution in [1.82, 2.24) is 9.88 Å². The van der Waals surface area contributed by atoms with Crippen LogP contribution >= 0.6 is 0 Å². The zero-order valence-corrected chi connectivity index (χ0v) is 12.2. The molecule has 114 valence electrons. The van der Waals surface area contributed by atoms with E-state index in [1.165, 1.54) is 0 Å². The first-order chi connectivity index (χ1) is 10.1. The number of aliphatic hydroxyl groups is 1. The number of fused-ring (bicyclic) bond motifs is 1. The summed E-state index contributed by atoms with van der Waals surface area (Å²) in [5.74, 6) is 0.334. The Hall–Kier alpha value is -1.62. The van der Waals surface area contributed by atoms with Gasteiger partial charge in [0.1, 0.15) is 0 Å². The number of ketones is 1. The Morgan fingerprint density at radius 3 is 2.86 bits per heavy atom. The quantitative estimate of drug-likeness (QED) is 0.885. The number of piperidine rings is 1. The highest BCUT2D eigenvalue weighted by Gasteiger charge is 2.24. The Bertz CT molecular complexity index is 542. The Kier molecular flexibility index (Phi) is 4.10. The number of aromatic amines is 1. The van der Waals surface area contributed by atoms with Crippen molar-refractivity contribution in [3.05, 3.63) is 23.0 Å². The lowest BCUT2D eigenvalue weighted by Crippen LogP contribution is -2.40. The molecule has 5 heteroatoms. The van der Waals surface area contributed by atoms with Gasteiger partial charge in [0.15, 0.2) is 5.78 Å². The number of Topliss-reactive ketones (excluding diaryl/α,β-unsaturated/α-hetero) is 1. The third-order valence-corrected chi connectivity index (χ3v) is 4.58. The second kappa shape index (κ2) is 6.02. The summed E-state index contributed by atoms with van der Waals surface area (Å²) in [4.78, 5) is 29.2. The van der Waals surface area contributed by atoms with Gasteiger partial charge in [-0.3, -0.25) is 9.59 Å². The maximum absolute atomic E-state index is 12.2. The molecule has 1 aromatic heterocycles. The SMILES string of the molecule is O=C1CCCc2[nH]cc(CCC(=O)N3CCC(O)CC3)c21. The minimum Gasteiger partial charge on any atom is -0.393 e. The zero-order chi connectivity index (χ0) is 14.8. The van der Waals surface area contributed by atoms with Gasteiger partial charge in [0, 0.05) is 43.4 Å². The maximum Gasteiger partial charge on any atom is 0.222 e. The molecule has 0 radical (unpaired) electrons. The Morgan fingerprint density at radius 1 is 1.33 bits per heavy atom. The van der Waals surface area contributed by atoms with Crippen LogP contribution in [0.1, 0.15) is 53.7 Å². The first-order valence-corrected chi connectivity index (χ1v) is 7.83. The van der Waals surface area contributed by atoms with E-state index in [4.69, 9.17) is 0 Å². The van der Waals surface area contributed by atoms with E-state index in [2.05, 4.69) is 4.98 Å². The summed E-state index contributed by atoms with van der Waals surface area (Å²) in [5.41, 5.74) is 2.86. The van der Waals surface area contributed by atoms with Crippen LogP contribution in [0.5, 0.6) is 0 Å². The third kappa shape index (κ3) is 3.02. The molecule has 1 aliphatic carbocycles. The second-order valence-corrected chi connectivity index (χ2v) is 6.06. The molecule has 0 atom stereocenters. The molecule has 2 aliphatic rings. The summed E-state index contributed by atoms with van der Waals surface area (Å²) in [6, 6.07) is 0.